The molecule has 2 unspecified atom stereocenters. The standard InChI is InChI=1S/C14H18ClN3O2/c15-12-3-4-13(18(19)20)11(6-12)9-17-5-1-2-10-7-16-8-14(10)17/h3-4,6,10,14,16H,1-2,5,7-9H2. The smallest absolute Gasteiger partial charge is 0.273 e. The highest BCUT2D eigenvalue weighted by atomic mass is 35.5. The van der Waals surface area contributed by atoms with Crippen LogP contribution < -0.4 is 5.32 Å². The number of rotatable bonds is 3. The molecule has 0 aliphatic carbocycles. The number of hydrogen-bond donors (Lipinski definition) is 1. The van der Waals surface area contributed by atoms with Gasteiger partial charge >= 0.3 is 0 Å². The zero-order valence-electron chi connectivity index (χ0n) is 11.2. The van der Waals surface area contributed by atoms with E-state index in [9.17, 15) is 10.1 Å². The Balaban J connectivity index is 1.83. The minimum absolute atomic E-state index is 0.169. The highest BCUT2D eigenvalue weighted by molar-refractivity contribution is 6.30. The van der Waals surface area contributed by atoms with E-state index in [2.05, 4.69) is 10.2 Å². The number of fused-ring (bicyclic) bond motifs is 1. The molecule has 2 saturated heterocycles. The van der Waals surface area contributed by atoms with Gasteiger partial charge in [-0.3, -0.25) is 15.0 Å². The van der Waals surface area contributed by atoms with Crippen LogP contribution in [-0.4, -0.2) is 35.5 Å². The van der Waals surface area contributed by atoms with Crippen molar-refractivity contribution in [3.05, 3.63) is 38.9 Å². The Hall–Kier alpha value is -1.17. The molecule has 0 amide bonds. The molecule has 1 N–H and O–H groups in total. The lowest BCUT2D eigenvalue weighted by Gasteiger charge is -2.36. The van der Waals surface area contributed by atoms with E-state index in [1.807, 2.05) is 0 Å². The van der Waals surface area contributed by atoms with E-state index in [0.29, 0.717) is 23.5 Å². The first-order valence-electron chi connectivity index (χ1n) is 7.03. The normalized spacial score (nSPS) is 26.4. The van der Waals surface area contributed by atoms with Crippen molar-refractivity contribution in [3.63, 3.8) is 0 Å². The predicted molar refractivity (Wildman–Crippen MR) is 77.9 cm³/mol. The maximum absolute atomic E-state index is 11.1. The molecule has 0 bridgehead atoms. The molecule has 0 spiro atoms. The van der Waals surface area contributed by atoms with Gasteiger partial charge in [-0.2, -0.15) is 0 Å². The summed E-state index contributed by atoms with van der Waals surface area (Å²) in [6.45, 7) is 3.67. The summed E-state index contributed by atoms with van der Waals surface area (Å²) in [5.74, 6) is 0.682. The number of nitro benzene ring substituents is 1. The van der Waals surface area contributed by atoms with Crippen LogP contribution in [0.15, 0.2) is 18.2 Å². The van der Waals surface area contributed by atoms with Gasteiger partial charge in [-0.05, 0) is 44.0 Å². The van der Waals surface area contributed by atoms with Crippen molar-refractivity contribution in [1.29, 1.82) is 0 Å². The molecule has 1 aromatic rings. The van der Waals surface area contributed by atoms with Crippen molar-refractivity contribution in [2.45, 2.75) is 25.4 Å². The van der Waals surface area contributed by atoms with Gasteiger partial charge in [0.05, 0.1) is 4.92 Å². The number of nitrogens with zero attached hydrogens (tertiary/aromatic N) is 2. The third-order valence-electron chi connectivity index (χ3n) is 4.41. The molecule has 2 fully saturated rings. The van der Waals surface area contributed by atoms with Crippen LogP contribution in [0.1, 0.15) is 18.4 Å². The van der Waals surface area contributed by atoms with E-state index in [4.69, 9.17) is 11.6 Å². The van der Waals surface area contributed by atoms with Crippen LogP contribution in [0.2, 0.25) is 5.02 Å². The Morgan fingerprint density at radius 2 is 2.30 bits per heavy atom. The van der Waals surface area contributed by atoms with E-state index < -0.39 is 0 Å². The third-order valence-corrected chi connectivity index (χ3v) is 4.64. The van der Waals surface area contributed by atoms with Crippen molar-refractivity contribution in [3.8, 4) is 0 Å². The number of likely N-dealkylation sites (tertiary alicyclic amines) is 1. The number of nitro groups is 1. The number of benzene rings is 1. The van der Waals surface area contributed by atoms with E-state index in [0.717, 1.165) is 31.6 Å². The fraction of sp³-hybridized carbons (Fsp3) is 0.571. The van der Waals surface area contributed by atoms with Gasteiger partial charge in [-0.1, -0.05) is 11.6 Å². The van der Waals surface area contributed by atoms with Crippen LogP contribution in [0.25, 0.3) is 0 Å². The van der Waals surface area contributed by atoms with Crippen molar-refractivity contribution in [2.24, 2.45) is 5.92 Å². The van der Waals surface area contributed by atoms with E-state index >= 15 is 0 Å². The van der Waals surface area contributed by atoms with Crippen LogP contribution in [0.5, 0.6) is 0 Å². The van der Waals surface area contributed by atoms with Crippen molar-refractivity contribution in [2.75, 3.05) is 19.6 Å². The highest BCUT2D eigenvalue weighted by Gasteiger charge is 2.35. The maximum atomic E-state index is 11.1. The second-order valence-corrected chi connectivity index (χ2v) is 6.06. The Bertz CT molecular complexity index is 523. The molecule has 108 valence electrons. The van der Waals surface area contributed by atoms with Gasteiger partial charge in [-0.15, -0.1) is 0 Å². The average Bonchev–Trinajstić information content (AvgIpc) is 2.88. The van der Waals surface area contributed by atoms with Crippen LogP contribution in [0.4, 0.5) is 5.69 Å². The van der Waals surface area contributed by atoms with Crippen molar-refractivity contribution >= 4 is 17.3 Å². The predicted octanol–water partition coefficient (Wildman–Crippen LogP) is 2.43. The van der Waals surface area contributed by atoms with E-state index in [-0.39, 0.29) is 10.6 Å². The van der Waals surface area contributed by atoms with E-state index in [1.54, 1.807) is 12.1 Å². The van der Waals surface area contributed by atoms with Crippen molar-refractivity contribution in [1.82, 2.24) is 10.2 Å². The number of nitrogens with one attached hydrogen (secondary N) is 1. The first-order valence-corrected chi connectivity index (χ1v) is 7.40. The van der Waals surface area contributed by atoms with Gasteiger partial charge in [0.2, 0.25) is 0 Å². The average molecular weight is 296 g/mol. The molecular formula is C14H18ClN3O2. The van der Waals surface area contributed by atoms with Crippen molar-refractivity contribution < 1.29 is 4.92 Å². The summed E-state index contributed by atoms with van der Waals surface area (Å²) in [4.78, 5) is 13.2. The first-order chi connectivity index (χ1) is 9.65. The Labute approximate surface area is 123 Å². The number of halogens is 1. The largest absolute Gasteiger partial charge is 0.315 e. The second kappa shape index (κ2) is 5.68. The van der Waals surface area contributed by atoms with Gasteiger partial charge in [0.25, 0.3) is 5.69 Å². The molecule has 0 saturated carbocycles. The lowest BCUT2D eigenvalue weighted by Crippen LogP contribution is -2.44. The summed E-state index contributed by atoms with van der Waals surface area (Å²) in [6, 6.07) is 5.32. The molecule has 20 heavy (non-hydrogen) atoms. The molecule has 5 nitrogen and oxygen atoms in total. The Kier molecular flexibility index (Phi) is 3.92. The molecule has 1 aromatic carbocycles. The summed E-state index contributed by atoms with van der Waals surface area (Å²) in [6.07, 6.45) is 2.42. The SMILES string of the molecule is O=[N+]([O-])c1ccc(Cl)cc1CN1CCCC2CNCC21. The molecule has 2 aliphatic heterocycles. The summed E-state index contributed by atoms with van der Waals surface area (Å²) >= 11 is 6.00. The lowest BCUT2D eigenvalue weighted by molar-refractivity contribution is -0.385. The number of hydrogen-bond acceptors (Lipinski definition) is 4. The molecular weight excluding hydrogens is 278 g/mol. The summed E-state index contributed by atoms with van der Waals surface area (Å²) < 4.78 is 0. The quantitative estimate of drug-likeness (QED) is 0.687. The monoisotopic (exact) mass is 295 g/mol. The zero-order chi connectivity index (χ0) is 14.1. The second-order valence-electron chi connectivity index (χ2n) is 5.63. The molecule has 0 radical (unpaired) electrons. The third kappa shape index (κ3) is 2.66. The molecule has 0 aromatic heterocycles. The van der Waals surface area contributed by atoms with Crippen LogP contribution in [0.3, 0.4) is 0 Å². The summed E-state index contributed by atoms with van der Waals surface area (Å²) in [5.41, 5.74) is 0.887. The summed E-state index contributed by atoms with van der Waals surface area (Å²) in [7, 11) is 0. The molecule has 2 heterocycles. The fourth-order valence-electron chi connectivity index (χ4n) is 3.44. The maximum Gasteiger partial charge on any atom is 0.273 e. The Morgan fingerprint density at radius 3 is 3.10 bits per heavy atom. The molecule has 6 heteroatoms. The lowest BCUT2D eigenvalue weighted by atomic mass is 9.91. The molecule has 2 atom stereocenters. The van der Waals surface area contributed by atoms with Gasteiger partial charge in [0.15, 0.2) is 0 Å². The molecule has 3 rings (SSSR count). The summed E-state index contributed by atoms with van der Waals surface area (Å²) in [5, 5.41) is 15.1. The van der Waals surface area contributed by atoms with Gasteiger partial charge in [-0.25, -0.2) is 0 Å². The number of piperidine rings is 1. The zero-order valence-corrected chi connectivity index (χ0v) is 12.0. The van der Waals surface area contributed by atoms with Gasteiger partial charge in [0, 0.05) is 35.8 Å². The van der Waals surface area contributed by atoms with Crippen LogP contribution in [-0.2, 0) is 6.54 Å². The Morgan fingerprint density at radius 1 is 1.45 bits per heavy atom. The van der Waals surface area contributed by atoms with Gasteiger partial charge < -0.3 is 5.32 Å². The van der Waals surface area contributed by atoms with Gasteiger partial charge in [0.1, 0.15) is 0 Å². The first kappa shape index (κ1) is 13.8. The minimum atomic E-state index is -0.319. The fourth-order valence-corrected chi connectivity index (χ4v) is 3.63. The highest BCUT2D eigenvalue weighted by Crippen LogP contribution is 2.30. The molecule has 2 aliphatic rings. The minimum Gasteiger partial charge on any atom is -0.315 e. The van der Waals surface area contributed by atoms with Crippen LogP contribution >= 0.6 is 11.6 Å². The van der Waals surface area contributed by atoms with E-state index in [1.165, 1.54) is 12.5 Å². The van der Waals surface area contributed by atoms with Crippen LogP contribution in [0, 0.1) is 16.0 Å². The topological polar surface area (TPSA) is 58.4 Å².